The lowest BCUT2D eigenvalue weighted by molar-refractivity contribution is 0.434. The molecule has 0 bridgehead atoms. The van der Waals surface area contributed by atoms with Crippen LogP contribution in [0, 0.1) is 11.6 Å². The number of fused-ring (bicyclic) bond motifs is 2. The van der Waals surface area contributed by atoms with Crippen LogP contribution in [0.3, 0.4) is 0 Å². The smallest absolute Gasteiger partial charge is 0.196 e. The van der Waals surface area contributed by atoms with Gasteiger partial charge in [-0.3, -0.25) is 4.79 Å². The number of aromatic hydroxyl groups is 2. The van der Waals surface area contributed by atoms with Gasteiger partial charge in [-0.15, -0.1) is 11.3 Å². The summed E-state index contributed by atoms with van der Waals surface area (Å²) in [6.45, 7) is 0. The molecule has 0 saturated carbocycles. The van der Waals surface area contributed by atoms with Gasteiger partial charge in [0.1, 0.15) is 0 Å². The van der Waals surface area contributed by atoms with Crippen LogP contribution in [0.4, 0.5) is 8.78 Å². The molecular formula is C13H6F2O3S. The topological polar surface area (TPSA) is 57.5 Å². The van der Waals surface area contributed by atoms with E-state index in [4.69, 9.17) is 0 Å². The molecule has 1 aromatic heterocycles. The summed E-state index contributed by atoms with van der Waals surface area (Å²) in [5.74, 6) is -2.94. The van der Waals surface area contributed by atoms with Crippen LogP contribution >= 0.6 is 11.3 Å². The first-order chi connectivity index (χ1) is 8.97. The molecule has 0 amide bonds. The lowest BCUT2D eigenvalue weighted by Crippen LogP contribution is -2.02. The van der Waals surface area contributed by atoms with E-state index < -0.39 is 28.6 Å². The molecule has 0 fully saturated rings. The number of phenols is 2. The van der Waals surface area contributed by atoms with Crippen LogP contribution in [0.5, 0.6) is 11.5 Å². The van der Waals surface area contributed by atoms with Gasteiger partial charge in [0.25, 0.3) is 0 Å². The number of rotatable bonds is 0. The highest BCUT2D eigenvalue weighted by Crippen LogP contribution is 2.31. The molecule has 2 aromatic carbocycles. The maximum atomic E-state index is 13.3. The first kappa shape index (κ1) is 11.9. The highest BCUT2D eigenvalue weighted by molar-refractivity contribution is 7.24. The van der Waals surface area contributed by atoms with E-state index in [2.05, 4.69) is 0 Å². The fourth-order valence-corrected chi connectivity index (χ4v) is 2.97. The molecule has 0 saturated heterocycles. The van der Waals surface area contributed by atoms with Crippen LogP contribution in [0.1, 0.15) is 0 Å². The minimum Gasteiger partial charge on any atom is -0.505 e. The van der Waals surface area contributed by atoms with E-state index in [-0.39, 0.29) is 10.8 Å². The highest BCUT2D eigenvalue weighted by Gasteiger charge is 2.12. The van der Waals surface area contributed by atoms with Crippen LogP contribution in [0.25, 0.3) is 20.2 Å². The van der Waals surface area contributed by atoms with E-state index in [9.17, 15) is 23.8 Å². The normalized spacial score (nSPS) is 11.3. The van der Waals surface area contributed by atoms with Gasteiger partial charge < -0.3 is 10.2 Å². The largest absolute Gasteiger partial charge is 0.505 e. The van der Waals surface area contributed by atoms with Crippen LogP contribution < -0.4 is 5.43 Å². The standard InChI is InChI=1S/C13H6F2O3S/c14-7-1-5-11(3-9(7)16)19-12-4-10(17)8(15)2-6(12)13(5)18/h1-4,16-17H. The third-order valence-corrected chi connectivity index (χ3v) is 3.92. The summed E-state index contributed by atoms with van der Waals surface area (Å²) in [6, 6.07) is 4.12. The molecule has 0 atom stereocenters. The molecule has 0 aliphatic rings. The Bertz CT molecular complexity index is 818. The Morgan fingerprint density at radius 2 is 1.26 bits per heavy atom. The van der Waals surface area contributed by atoms with Crippen LogP contribution in [-0.2, 0) is 0 Å². The third kappa shape index (κ3) is 1.72. The van der Waals surface area contributed by atoms with E-state index in [0.29, 0.717) is 9.40 Å². The minimum absolute atomic E-state index is 0.0675. The lowest BCUT2D eigenvalue weighted by Gasteiger charge is -2.03. The number of hydrogen-bond acceptors (Lipinski definition) is 4. The number of benzene rings is 2. The SMILES string of the molecule is O=c1c2cc(F)c(O)cc2sc2cc(O)c(F)cc12. The van der Waals surface area contributed by atoms with Gasteiger partial charge in [0.15, 0.2) is 28.6 Å². The molecule has 3 nitrogen and oxygen atoms in total. The Balaban J connectivity index is 2.56. The molecule has 3 rings (SSSR count). The van der Waals surface area contributed by atoms with Gasteiger partial charge in [0.05, 0.1) is 0 Å². The summed E-state index contributed by atoms with van der Waals surface area (Å²) < 4.78 is 27.3. The second kappa shape index (κ2) is 3.89. The second-order valence-corrected chi connectivity index (χ2v) is 5.11. The highest BCUT2D eigenvalue weighted by atomic mass is 32.1. The summed E-state index contributed by atoms with van der Waals surface area (Å²) in [5, 5.41) is 18.7. The zero-order valence-corrected chi connectivity index (χ0v) is 10.1. The Labute approximate surface area is 109 Å². The van der Waals surface area contributed by atoms with E-state index in [1.807, 2.05) is 0 Å². The van der Waals surface area contributed by atoms with E-state index in [0.717, 1.165) is 35.6 Å². The summed E-state index contributed by atoms with van der Waals surface area (Å²) in [6.07, 6.45) is 0. The zero-order chi connectivity index (χ0) is 13.7. The Morgan fingerprint density at radius 3 is 1.68 bits per heavy atom. The summed E-state index contributed by atoms with van der Waals surface area (Å²) in [4.78, 5) is 12.1. The van der Waals surface area contributed by atoms with Crippen molar-refractivity contribution in [3.05, 3.63) is 46.1 Å². The molecule has 6 heteroatoms. The quantitative estimate of drug-likeness (QED) is 0.622. The minimum atomic E-state index is -0.907. The Morgan fingerprint density at radius 1 is 0.842 bits per heavy atom. The molecule has 96 valence electrons. The number of phenolic OH excluding ortho intramolecular Hbond substituents is 2. The molecule has 0 aliphatic heterocycles. The van der Waals surface area contributed by atoms with Crippen LogP contribution in [0.15, 0.2) is 29.1 Å². The van der Waals surface area contributed by atoms with Crippen molar-refractivity contribution in [3.8, 4) is 11.5 Å². The van der Waals surface area contributed by atoms with Crippen molar-refractivity contribution < 1.29 is 19.0 Å². The second-order valence-electron chi connectivity index (χ2n) is 4.03. The maximum Gasteiger partial charge on any atom is 0.196 e. The van der Waals surface area contributed by atoms with E-state index in [1.165, 1.54) is 0 Å². The Kier molecular flexibility index (Phi) is 2.43. The van der Waals surface area contributed by atoms with Gasteiger partial charge in [-0.1, -0.05) is 0 Å². The van der Waals surface area contributed by atoms with Crippen molar-refractivity contribution in [2.45, 2.75) is 0 Å². The molecule has 0 spiro atoms. The molecule has 0 unspecified atom stereocenters. The average Bonchev–Trinajstić information content (AvgIpc) is 2.35. The van der Waals surface area contributed by atoms with Gasteiger partial charge in [0, 0.05) is 32.3 Å². The average molecular weight is 280 g/mol. The predicted octanol–water partition coefficient (Wildman–Crippen LogP) is 3.10. The van der Waals surface area contributed by atoms with Crippen molar-refractivity contribution in [1.29, 1.82) is 0 Å². The van der Waals surface area contributed by atoms with Gasteiger partial charge in [0.2, 0.25) is 0 Å². The fraction of sp³-hybridized carbons (Fsp3) is 0. The molecule has 0 radical (unpaired) electrons. The van der Waals surface area contributed by atoms with Crippen molar-refractivity contribution in [3.63, 3.8) is 0 Å². The van der Waals surface area contributed by atoms with Crippen LogP contribution in [0.2, 0.25) is 0 Å². The summed E-state index contributed by atoms with van der Waals surface area (Å²) in [7, 11) is 0. The van der Waals surface area contributed by atoms with Gasteiger partial charge in [-0.25, -0.2) is 8.78 Å². The third-order valence-electron chi connectivity index (χ3n) is 2.81. The molecular weight excluding hydrogens is 274 g/mol. The molecule has 3 aromatic rings. The van der Waals surface area contributed by atoms with Crippen molar-refractivity contribution in [1.82, 2.24) is 0 Å². The van der Waals surface area contributed by atoms with Crippen molar-refractivity contribution in [2.75, 3.05) is 0 Å². The summed E-state index contributed by atoms with van der Waals surface area (Å²) >= 11 is 1.06. The number of halogens is 2. The van der Waals surface area contributed by atoms with Gasteiger partial charge in [-0.05, 0) is 12.1 Å². The van der Waals surface area contributed by atoms with Crippen LogP contribution in [-0.4, -0.2) is 10.2 Å². The van der Waals surface area contributed by atoms with E-state index >= 15 is 0 Å². The molecule has 2 N–H and O–H groups in total. The lowest BCUT2D eigenvalue weighted by atomic mass is 10.1. The van der Waals surface area contributed by atoms with Crippen molar-refractivity contribution >= 4 is 31.5 Å². The Hall–Kier alpha value is -2.21. The molecule has 1 heterocycles. The van der Waals surface area contributed by atoms with Gasteiger partial charge in [-0.2, -0.15) is 0 Å². The van der Waals surface area contributed by atoms with E-state index in [1.54, 1.807) is 0 Å². The monoisotopic (exact) mass is 280 g/mol. The number of hydrogen-bond donors (Lipinski definition) is 2. The maximum absolute atomic E-state index is 13.3. The fourth-order valence-electron chi connectivity index (χ4n) is 1.87. The molecule has 19 heavy (non-hydrogen) atoms. The van der Waals surface area contributed by atoms with Gasteiger partial charge >= 0.3 is 0 Å². The predicted molar refractivity (Wildman–Crippen MR) is 68.8 cm³/mol. The van der Waals surface area contributed by atoms with Crippen molar-refractivity contribution in [2.24, 2.45) is 0 Å². The first-order valence-corrected chi connectivity index (χ1v) is 6.06. The summed E-state index contributed by atoms with van der Waals surface area (Å²) in [5.41, 5.74) is -0.540. The first-order valence-electron chi connectivity index (χ1n) is 5.25. The molecule has 0 aliphatic carbocycles. The zero-order valence-electron chi connectivity index (χ0n) is 9.28.